The van der Waals surface area contributed by atoms with Crippen molar-refractivity contribution in [2.45, 2.75) is 19.6 Å². The van der Waals surface area contributed by atoms with Gasteiger partial charge in [-0.15, -0.1) is 5.10 Å². The van der Waals surface area contributed by atoms with Gasteiger partial charge < -0.3 is 9.80 Å². The minimum absolute atomic E-state index is 0.238. The van der Waals surface area contributed by atoms with Crippen molar-refractivity contribution in [2.24, 2.45) is 0 Å². The highest BCUT2D eigenvalue weighted by Crippen LogP contribution is 2.29. The molecule has 4 rings (SSSR count). The molecule has 1 aliphatic heterocycles. The van der Waals surface area contributed by atoms with Gasteiger partial charge in [-0.3, -0.25) is 4.79 Å². The summed E-state index contributed by atoms with van der Waals surface area (Å²) in [4.78, 5) is 24.8. The SMILES string of the molecule is CCn1nnc2c(N3CCN(C(=O)c4ccc(C(F)(F)F)cc4)CC3)ncnc21. The Kier molecular flexibility index (Phi) is 4.81. The van der Waals surface area contributed by atoms with E-state index in [0.717, 1.165) is 12.1 Å². The van der Waals surface area contributed by atoms with Crippen molar-refractivity contribution in [2.75, 3.05) is 31.1 Å². The lowest BCUT2D eigenvalue weighted by Gasteiger charge is -2.35. The molecule has 0 saturated carbocycles. The first-order chi connectivity index (χ1) is 13.9. The maximum atomic E-state index is 12.7. The summed E-state index contributed by atoms with van der Waals surface area (Å²) in [6, 6.07) is 4.29. The number of alkyl halides is 3. The Bertz CT molecular complexity index is 1020. The van der Waals surface area contributed by atoms with E-state index in [1.807, 2.05) is 11.8 Å². The minimum Gasteiger partial charge on any atom is -0.351 e. The summed E-state index contributed by atoms with van der Waals surface area (Å²) in [5.41, 5.74) is 0.728. The number of carbonyl (C=O) groups excluding carboxylic acids is 1. The van der Waals surface area contributed by atoms with Crippen LogP contribution >= 0.6 is 0 Å². The third kappa shape index (κ3) is 3.59. The topological polar surface area (TPSA) is 80.0 Å². The normalized spacial score (nSPS) is 15.2. The quantitative estimate of drug-likeness (QED) is 0.665. The molecule has 0 atom stereocenters. The molecule has 1 fully saturated rings. The standard InChI is InChI=1S/C18H18F3N7O/c1-2-28-16-14(24-25-28)15(22-11-23-16)26-7-9-27(10-8-26)17(29)12-3-5-13(6-4-12)18(19,20)21/h3-6,11H,2,7-10H2,1H3. The average molecular weight is 405 g/mol. The Hall–Kier alpha value is -3.24. The van der Waals surface area contributed by atoms with E-state index in [9.17, 15) is 18.0 Å². The first-order valence-electron chi connectivity index (χ1n) is 9.14. The van der Waals surface area contributed by atoms with Crippen molar-refractivity contribution >= 4 is 22.9 Å². The fourth-order valence-electron chi connectivity index (χ4n) is 3.33. The molecule has 0 aliphatic carbocycles. The number of aryl methyl sites for hydroxylation is 1. The highest BCUT2D eigenvalue weighted by Gasteiger charge is 2.31. The maximum Gasteiger partial charge on any atom is 0.416 e. The van der Waals surface area contributed by atoms with Crippen molar-refractivity contribution in [3.05, 3.63) is 41.7 Å². The van der Waals surface area contributed by atoms with Gasteiger partial charge in [0.25, 0.3) is 5.91 Å². The van der Waals surface area contributed by atoms with Gasteiger partial charge in [0.1, 0.15) is 6.33 Å². The van der Waals surface area contributed by atoms with Crippen LogP contribution in [0.5, 0.6) is 0 Å². The van der Waals surface area contributed by atoms with Gasteiger partial charge in [0.15, 0.2) is 17.0 Å². The van der Waals surface area contributed by atoms with E-state index in [1.54, 1.807) is 9.58 Å². The first-order valence-corrected chi connectivity index (χ1v) is 9.14. The molecule has 152 valence electrons. The zero-order valence-electron chi connectivity index (χ0n) is 15.6. The Balaban J connectivity index is 1.46. The summed E-state index contributed by atoms with van der Waals surface area (Å²) in [6.45, 7) is 4.49. The zero-order valence-corrected chi connectivity index (χ0v) is 15.6. The fourth-order valence-corrected chi connectivity index (χ4v) is 3.33. The Morgan fingerprint density at radius 3 is 2.38 bits per heavy atom. The van der Waals surface area contributed by atoms with E-state index in [2.05, 4.69) is 20.3 Å². The summed E-state index contributed by atoms with van der Waals surface area (Å²) in [5, 5.41) is 8.24. The number of aromatic nitrogens is 5. The third-order valence-electron chi connectivity index (χ3n) is 4.91. The highest BCUT2D eigenvalue weighted by molar-refractivity contribution is 5.94. The van der Waals surface area contributed by atoms with Crippen LogP contribution in [0.4, 0.5) is 19.0 Å². The van der Waals surface area contributed by atoms with E-state index >= 15 is 0 Å². The molecule has 0 unspecified atom stereocenters. The second-order valence-electron chi connectivity index (χ2n) is 6.63. The van der Waals surface area contributed by atoms with Crippen molar-refractivity contribution in [3.8, 4) is 0 Å². The molecule has 11 heteroatoms. The molecule has 8 nitrogen and oxygen atoms in total. The summed E-state index contributed by atoms with van der Waals surface area (Å²) in [6.07, 6.45) is -2.96. The van der Waals surface area contributed by atoms with Gasteiger partial charge in [-0.1, -0.05) is 5.21 Å². The molecule has 0 N–H and O–H groups in total. The van der Waals surface area contributed by atoms with Gasteiger partial charge in [-0.2, -0.15) is 13.2 Å². The van der Waals surface area contributed by atoms with Crippen LogP contribution < -0.4 is 4.90 Å². The summed E-state index contributed by atoms with van der Waals surface area (Å²) >= 11 is 0. The highest BCUT2D eigenvalue weighted by atomic mass is 19.4. The number of halogens is 3. The predicted molar refractivity (Wildman–Crippen MR) is 98.4 cm³/mol. The van der Waals surface area contributed by atoms with Crippen molar-refractivity contribution in [3.63, 3.8) is 0 Å². The molecule has 29 heavy (non-hydrogen) atoms. The van der Waals surface area contributed by atoms with Crippen LogP contribution in [0.15, 0.2) is 30.6 Å². The van der Waals surface area contributed by atoms with Gasteiger partial charge in [0.2, 0.25) is 0 Å². The molecule has 3 heterocycles. The van der Waals surface area contributed by atoms with Gasteiger partial charge in [0.05, 0.1) is 5.56 Å². The largest absolute Gasteiger partial charge is 0.416 e. The Morgan fingerprint density at radius 2 is 1.76 bits per heavy atom. The van der Waals surface area contributed by atoms with Crippen LogP contribution in [0.2, 0.25) is 0 Å². The number of anilines is 1. The number of fused-ring (bicyclic) bond motifs is 1. The van der Waals surface area contributed by atoms with Crippen LogP contribution in [-0.4, -0.2) is 61.9 Å². The van der Waals surface area contributed by atoms with Crippen molar-refractivity contribution < 1.29 is 18.0 Å². The van der Waals surface area contributed by atoms with Crippen LogP contribution in [0.3, 0.4) is 0 Å². The lowest BCUT2D eigenvalue weighted by molar-refractivity contribution is -0.137. The van der Waals surface area contributed by atoms with Crippen LogP contribution in [0, 0.1) is 0 Å². The number of hydrogen-bond donors (Lipinski definition) is 0. The zero-order chi connectivity index (χ0) is 20.6. The van der Waals surface area contributed by atoms with Crippen LogP contribution in [-0.2, 0) is 12.7 Å². The Morgan fingerprint density at radius 1 is 1.07 bits per heavy atom. The molecule has 0 bridgehead atoms. The molecule has 1 aliphatic rings. The monoisotopic (exact) mass is 405 g/mol. The van der Waals surface area contributed by atoms with E-state index in [0.29, 0.717) is 49.7 Å². The molecular formula is C18H18F3N7O. The second-order valence-corrected chi connectivity index (χ2v) is 6.63. The molecule has 1 aromatic carbocycles. The molecule has 0 radical (unpaired) electrons. The molecule has 2 aromatic heterocycles. The molecular weight excluding hydrogens is 387 g/mol. The van der Waals surface area contributed by atoms with Gasteiger partial charge >= 0.3 is 6.18 Å². The summed E-state index contributed by atoms with van der Waals surface area (Å²) < 4.78 is 39.8. The second kappa shape index (κ2) is 7.30. The van der Waals surface area contributed by atoms with E-state index in [4.69, 9.17) is 0 Å². The first kappa shape index (κ1) is 19.1. The van der Waals surface area contributed by atoms with E-state index in [-0.39, 0.29) is 11.5 Å². The van der Waals surface area contributed by atoms with E-state index in [1.165, 1.54) is 18.5 Å². The number of piperazine rings is 1. The number of amides is 1. The summed E-state index contributed by atoms with van der Waals surface area (Å²) in [7, 11) is 0. The molecule has 3 aromatic rings. The maximum absolute atomic E-state index is 12.7. The van der Waals surface area contributed by atoms with Crippen LogP contribution in [0.1, 0.15) is 22.8 Å². The lowest BCUT2D eigenvalue weighted by atomic mass is 10.1. The van der Waals surface area contributed by atoms with E-state index < -0.39 is 11.7 Å². The number of nitrogens with zero attached hydrogens (tertiary/aromatic N) is 7. The van der Waals surface area contributed by atoms with Crippen molar-refractivity contribution in [1.29, 1.82) is 0 Å². The number of hydrogen-bond acceptors (Lipinski definition) is 6. The smallest absolute Gasteiger partial charge is 0.351 e. The van der Waals surface area contributed by atoms with Crippen LogP contribution in [0.25, 0.3) is 11.2 Å². The number of rotatable bonds is 3. The number of carbonyl (C=O) groups is 1. The fraction of sp³-hybridized carbons (Fsp3) is 0.389. The number of benzene rings is 1. The third-order valence-corrected chi connectivity index (χ3v) is 4.91. The Labute approximate surface area is 163 Å². The molecule has 1 amide bonds. The molecule has 1 saturated heterocycles. The predicted octanol–water partition coefficient (Wildman–Crippen LogP) is 2.22. The minimum atomic E-state index is -4.42. The lowest BCUT2D eigenvalue weighted by Crippen LogP contribution is -2.49. The molecule has 0 spiro atoms. The van der Waals surface area contributed by atoms with Gasteiger partial charge in [0, 0.05) is 38.3 Å². The summed E-state index contributed by atoms with van der Waals surface area (Å²) in [5.74, 6) is 0.375. The van der Waals surface area contributed by atoms with Gasteiger partial charge in [-0.05, 0) is 31.2 Å². The van der Waals surface area contributed by atoms with Gasteiger partial charge in [-0.25, -0.2) is 14.6 Å². The average Bonchev–Trinajstić information content (AvgIpc) is 3.16. The van der Waals surface area contributed by atoms with Crippen molar-refractivity contribution in [1.82, 2.24) is 29.9 Å².